The second-order valence-electron chi connectivity index (χ2n) is 1.67. The Labute approximate surface area is 94.3 Å². The normalized spacial score (nSPS) is 6.18. The van der Waals surface area contributed by atoms with E-state index < -0.39 is 0 Å². The molecule has 0 aliphatic carbocycles. The zero-order chi connectivity index (χ0) is 6.53. The van der Waals surface area contributed by atoms with Gasteiger partial charge in [-0.15, -0.1) is 0 Å². The van der Waals surface area contributed by atoms with E-state index in [1.165, 1.54) is 0 Å². The van der Waals surface area contributed by atoms with E-state index in [0.717, 1.165) is 5.56 Å². The first-order valence-corrected chi connectivity index (χ1v) is 2.76. The van der Waals surface area contributed by atoms with Crippen molar-refractivity contribution in [2.45, 2.75) is 0 Å². The van der Waals surface area contributed by atoms with Crippen LogP contribution in [-0.4, -0.2) is 23.1 Å². The fourth-order valence-electron chi connectivity index (χ4n) is 0.624. The van der Waals surface area contributed by atoms with E-state index in [4.69, 9.17) is 0 Å². The molecule has 0 aliphatic heterocycles. The summed E-state index contributed by atoms with van der Waals surface area (Å²) in [6.45, 7) is 3.42. The quantitative estimate of drug-likeness (QED) is 0.283. The van der Waals surface area contributed by atoms with Crippen LogP contribution in [-0.2, 0) is 0 Å². The van der Waals surface area contributed by atoms with Crippen LogP contribution in [0.5, 0.6) is 0 Å². The SMILES string of the molecule is [Br-].[CH2-]C#Cc1ccccc1.[Mg+2]. The second-order valence-corrected chi connectivity index (χ2v) is 1.67. The van der Waals surface area contributed by atoms with Crippen molar-refractivity contribution in [3.8, 4) is 11.8 Å². The van der Waals surface area contributed by atoms with Crippen LogP contribution in [0.2, 0.25) is 0 Å². The molecule has 11 heavy (non-hydrogen) atoms. The molecule has 0 fully saturated rings. The molecule has 1 aromatic carbocycles. The van der Waals surface area contributed by atoms with E-state index in [1.54, 1.807) is 0 Å². The van der Waals surface area contributed by atoms with Crippen LogP contribution in [0, 0.1) is 18.8 Å². The molecule has 1 aromatic rings. The maximum atomic E-state index is 3.42. The molecule has 0 bridgehead atoms. The Bertz CT molecular complexity index is 233. The smallest absolute Gasteiger partial charge is 1.00 e. The number of hydrogen-bond donors (Lipinski definition) is 0. The Morgan fingerprint density at radius 3 is 2.09 bits per heavy atom. The molecule has 0 nitrogen and oxygen atoms in total. The van der Waals surface area contributed by atoms with Crippen molar-refractivity contribution in [3.63, 3.8) is 0 Å². The van der Waals surface area contributed by atoms with Crippen LogP contribution in [0.3, 0.4) is 0 Å². The zero-order valence-corrected chi connectivity index (χ0v) is 9.18. The minimum Gasteiger partial charge on any atom is -1.00 e. The zero-order valence-electron chi connectivity index (χ0n) is 6.18. The van der Waals surface area contributed by atoms with Crippen molar-refractivity contribution in [1.29, 1.82) is 0 Å². The van der Waals surface area contributed by atoms with Crippen LogP contribution in [0.1, 0.15) is 5.56 Å². The van der Waals surface area contributed by atoms with Crippen molar-refractivity contribution >= 4 is 23.1 Å². The first-order chi connectivity index (χ1) is 4.43. The Balaban J connectivity index is 0. The van der Waals surface area contributed by atoms with Crippen LogP contribution < -0.4 is 17.0 Å². The molecule has 0 N–H and O–H groups in total. The predicted molar refractivity (Wildman–Crippen MR) is 44.4 cm³/mol. The summed E-state index contributed by atoms with van der Waals surface area (Å²) in [6.07, 6.45) is 0. The maximum absolute atomic E-state index is 3.42. The van der Waals surface area contributed by atoms with Gasteiger partial charge in [0, 0.05) is 0 Å². The molecule has 0 radical (unpaired) electrons. The van der Waals surface area contributed by atoms with E-state index in [-0.39, 0.29) is 40.0 Å². The van der Waals surface area contributed by atoms with Crippen LogP contribution in [0.25, 0.3) is 0 Å². The summed E-state index contributed by atoms with van der Waals surface area (Å²) in [4.78, 5) is 0. The molecular formula is C9H7BrMg. The summed E-state index contributed by atoms with van der Waals surface area (Å²) in [5.74, 6) is 5.43. The van der Waals surface area contributed by atoms with E-state index in [0.29, 0.717) is 0 Å². The first-order valence-electron chi connectivity index (χ1n) is 2.76. The van der Waals surface area contributed by atoms with Gasteiger partial charge in [0.25, 0.3) is 0 Å². The van der Waals surface area contributed by atoms with Gasteiger partial charge in [-0.2, -0.15) is 6.92 Å². The van der Waals surface area contributed by atoms with E-state index in [9.17, 15) is 0 Å². The molecule has 2 heteroatoms. The predicted octanol–water partition coefficient (Wildman–Crippen LogP) is -1.50. The monoisotopic (exact) mass is 218 g/mol. The molecule has 0 atom stereocenters. The van der Waals surface area contributed by atoms with Gasteiger partial charge in [-0.3, -0.25) is 11.8 Å². The topological polar surface area (TPSA) is 0 Å². The largest absolute Gasteiger partial charge is 2.00 e. The number of halogens is 1. The molecule has 0 heterocycles. The molecule has 0 spiro atoms. The van der Waals surface area contributed by atoms with Gasteiger partial charge >= 0.3 is 23.1 Å². The van der Waals surface area contributed by atoms with Gasteiger partial charge in [-0.25, -0.2) is 0 Å². The third-order valence-electron chi connectivity index (χ3n) is 1.01. The molecule has 0 saturated heterocycles. The Morgan fingerprint density at radius 2 is 1.64 bits per heavy atom. The summed E-state index contributed by atoms with van der Waals surface area (Å²) >= 11 is 0. The Morgan fingerprint density at radius 1 is 1.09 bits per heavy atom. The van der Waals surface area contributed by atoms with Crippen molar-refractivity contribution in [2.75, 3.05) is 0 Å². The summed E-state index contributed by atoms with van der Waals surface area (Å²) in [6, 6.07) is 9.80. The summed E-state index contributed by atoms with van der Waals surface area (Å²) < 4.78 is 0. The number of hydrogen-bond acceptors (Lipinski definition) is 0. The Kier molecular flexibility index (Phi) is 9.80. The van der Waals surface area contributed by atoms with Gasteiger partial charge in [0.1, 0.15) is 0 Å². The van der Waals surface area contributed by atoms with Gasteiger partial charge in [-0.05, 0) is 0 Å². The molecule has 1 rings (SSSR count). The van der Waals surface area contributed by atoms with Gasteiger partial charge in [0.05, 0.1) is 0 Å². The molecule has 0 aromatic heterocycles. The molecule has 0 aliphatic rings. The van der Waals surface area contributed by atoms with Gasteiger partial charge in [0.2, 0.25) is 0 Å². The average molecular weight is 219 g/mol. The first kappa shape index (κ1) is 13.5. The second kappa shape index (κ2) is 8.00. The minimum atomic E-state index is 0. The van der Waals surface area contributed by atoms with E-state index in [2.05, 4.69) is 18.8 Å². The molecule has 0 unspecified atom stereocenters. The number of rotatable bonds is 0. The molecular weight excluding hydrogens is 212 g/mol. The van der Waals surface area contributed by atoms with E-state index in [1.807, 2.05) is 30.3 Å². The van der Waals surface area contributed by atoms with E-state index >= 15 is 0 Å². The maximum Gasteiger partial charge on any atom is 2.00 e. The fraction of sp³-hybridized carbons (Fsp3) is 0. The van der Waals surface area contributed by atoms with Crippen molar-refractivity contribution < 1.29 is 17.0 Å². The molecule has 0 saturated carbocycles. The Hall–Kier alpha value is -0.104. The molecule has 52 valence electrons. The number of benzene rings is 1. The summed E-state index contributed by atoms with van der Waals surface area (Å²) in [7, 11) is 0. The standard InChI is InChI=1S/C9H7.BrH.Mg/c1-2-6-9-7-4-3-5-8-9;;/h3-5,7-8H,1H2;1H;/q-1;;+2/p-1. The summed E-state index contributed by atoms with van der Waals surface area (Å²) in [5, 5.41) is 0. The summed E-state index contributed by atoms with van der Waals surface area (Å²) in [5.41, 5.74) is 1.02. The third-order valence-corrected chi connectivity index (χ3v) is 1.01. The average Bonchev–Trinajstić information content (AvgIpc) is 1.91. The van der Waals surface area contributed by atoms with Crippen LogP contribution >= 0.6 is 0 Å². The van der Waals surface area contributed by atoms with Crippen molar-refractivity contribution in [3.05, 3.63) is 42.8 Å². The van der Waals surface area contributed by atoms with Gasteiger partial charge in [-0.1, -0.05) is 35.9 Å². The van der Waals surface area contributed by atoms with Crippen LogP contribution in [0.4, 0.5) is 0 Å². The third kappa shape index (κ3) is 5.20. The molecule has 0 amide bonds. The van der Waals surface area contributed by atoms with Gasteiger partial charge < -0.3 is 17.0 Å². The van der Waals surface area contributed by atoms with Gasteiger partial charge in [0.15, 0.2) is 0 Å². The fourth-order valence-corrected chi connectivity index (χ4v) is 0.624. The van der Waals surface area contributed by atoms with Crippen molar-refractivity contribution in [1.82, 2.24) is 0 Å². The van der Waals surface area contributed by atoms with Crippen LogP contribution in [0.15, 0.2) is 30.3 Å². The minimum absolute atomic E-state index is 0. The van der Waals surface area contributed by atoms with Crippen molar-refractivity contribution in [2.24, 2.45) is 0 Å².